The van der Waals surface area contributed by atoms with E-state index in [-0.39, 0.29) is 6.42 Å². The number of halogens is 1. The van der Waals surface area contributed by atoms with Gasteiger partial charge in [0.25, 0.3) is 0 Å². The number of carboxylic acids is 1. The monoisotopic (exact) mass is 253 g/mol. The normalized spacial score (nSPS) is 11.9. The van der Waals surface area contributed by atoms with Crippen LogP contribution in [0.1, 0.15) is 18.1 Å². The summed E-state index contributed by atoms with van der Waals surface area (Å²) in [6, 6.07) is 5.94. The molecule has 0 heterocycles. The minimum atomic E-state index is -1.47. The van der Waals surface area contributed by atoms with Gasteiger partial charge in [0.15, 0.2) is 6.04 Å². The molecule has 5 heteroatoms. The van der Waals surface area contributed by atoms with E-state index < -0.39 is 24.6 Å². The van der Waals surface area contributed by atoms with Gasteiger partial charge in [0.2, 0.25) is 5.91 Å². The number of aliphatic carboxylic acids is 1. The number of carboxylic acid groups (broad SMARTS) is 1. The van der Waals surface area contributed by atoms with Crippen molar-refractivity contribution in [2.45, 2.75) is 25.8 Å². The van der Waals surface area contributed by atoms with Crippen LogP contribution >= 0.6 is 0 Å². The first-order chi connectivity index (χ1) is 8.58. The van der Waals surface area contributed by atoms with Crippen molar-refractivity contribution < 1.29 is 19.1 Å². The van der Waals surface area contributed by atoms with Gasteiger partial charge >= 0.3 is 5.97 Å². The summed E-state index contributed by atoms with van der Waals surface area (Å²) >= 11 is 0. The van der Waals surface area contributed by atoms with Crippen LogP contribution in [0.4, 0.5) is 4.39 Å². The van der Waals surface area contributed by atoms with Crippen LogP contribution in [0, 0.1) is 0 Å². The highest BCUT2D eigenvalue weighted by Crippen LogP contribution is 2.10. The van der Waals surface area contributed by atoms with Crippen LogP contribution in [-0.4, -0.2) is 29.7 Å². The second kappa shape index (κ2) is 6.74. The summed E-state index contributed by atoms with van der Waals surface area (Å²) < 4.78 is 12.4. The molecule has 1 aromatic rings. The molecule has 0 aliphatic rings. The van der Waals surface area contributed by atoms with E-state index in [9.17, 15) is 14.0 Å². The van der Waals surface area contributed by atoms with Gasteiger partial charge in [0.05, 0.1) is 6.42 Å². The fourth-order valence-electron chi connectivity index (χ4n) is 1.66. The van der Waals surface area contributed by atoms with Crippen molar-refractivity contribution in [2.75, 3.05) is 6.67 Å². The molecule has 1 aromatic carbocycles. The number of carbonyl (C=O) groups excluding carboxylic acids is 1. The third-order valence-electron chi connectivity index (χ3n) is 2.64. The Bertz CT molecular complexity index is 434. The van der Waals surface area contributed by atoms with Crippen LogP contribution < -0.4 is 5.32 Å². The van der Waals surface area contributed by atoms with E-state index in [0.717, 1.165) is 17.5 Å². The first-order valence-electron chi connectivity index (χ1n) is 5.73. The quantitative estimate of drug-likeness (QED) is 0.803. The number of hydrogen-bond acceptors (Lipinski definition) is 2. The number of carbonyl (C=O) groups is 2. The number of rotatable bonds is 6. The lowest BCUT2D eigenvalue weighted by Crippen LogP contribution is -2.43. The van der Waals surface area contributed by atoms with Crippen LogP contribution in [-0.2, 0) is 22.4 Å². The topological polar surface area (TPSA) is 66.4 Å². The largest absolute Gasteiger partial charge is 0.480 e. The van der Waals surface area contributed by atoms with Crippen molar-refractivity contribution in [3.63, 3.8) is 0 Å². The number of benzene rings is 1. The first kappa shape index (κ1) is 14.2. The third kappa shape index (κ3) is 3.84. The van der Waals surface area contributed by atoms with Crippen LogP contribution in [0.2, 0.25) is 0 Å². The highest BCUT2D eigenvalue weighted by molar-refractivity contribution is 5.85. The maximum atomic E-state index is 12.4. The molecule has 0 saturated carbocycles. The lowest BCUT2D eigenvalue weighted by Gasteiger charge is -2.12. The number of alkyl halides is 1. The summed E-state index contributed by atoms with van der Waals surface area (Å²) in [6.45, 7) is 0.856. The maximum Gasteiger partial charge on any atom is 0.328 e. The van der Waals surface area contributed by atoms with Crippen molar-refractivity contribution in [2.24, 2.45) is 0 Å². The molecule has 0 bridgehead atoms. The number of hydrogen-bond donors (Lipinski definition) is 2. The van der Waals surface area contributed by atoms with Gasteiger partial charge in [-0.15, -0.1) is 0 Å². The molecule has 18 heavy (non-hydrogen) atoms. The van der Waals surface area contributed by atoms with E-state index in [2.05, 4.69) is 5.32 Å². The highest BCUT2D eigenvalue weighted by atomic mass is 19.1. The Labute approximate surface area is 105 Å². The standard InChI is InChI=1S/C13H16FNO3/c1-2-9-5-3-4-6-10(9)7-12(16)15-11(8-14)13(17)18/h3-6,11H,2,7-8H2,1H3,(H,15,16)(H,17,18). The molecule has 0 aliphatic carbocycles. The van der Waals surface area contributed by atoms with Gasteiger partial charge in [-0.25, -0.2) is 9.18 Å². The Morgan fingerprint density at radius 3 is 2.44 bits per heavy atom. The summed E-state index contributed by atoms with van der Waals surface area (Å²) in [7, 11) is 0. The Balaban J connectivity index is 2.67. The average Bonchev–Trinajstić information content (AvgIpc) is 2.36. The second-order valence-corrected chi connectivity index (χ2v) is 3.91. The lowest BCUT2D eigenvalue weighted by atomic mass is 10.0. The van der Waals surface area contributed by atoms with Gasteiger partial charge in [-0.2, -0.15) is 0 Å². The van der Waals surface area contributed by atoms with Crippen LogP contribution in [0.3, 0.4) is 0 Å². The molecule has 98 valence electrons. The van der Waals surface area contributed by atoms with Crippen molar-refractivity contribution >= 4 is 11.9 Å². The van der Waals surface area contributed by atoms with Gasteiger partial charge in [-0.05, 0) is 17.5 Å². The summed E-state index contributed by atoms with van der Waals surface area (Å²) in [6.07, 6.45) is 0.850. The van der Waals surface area contributed by atoms with Crippen LogP contribution in [0.5, 0.6) is 0 Å². The summed E-state index contributed by atoms with van der Waals surface area (Å²) in [5.74, 6) is -1.85. The van der Waals surface area contributed by atoms with Gasteiger partial charge in [0.1, 0.15) is 6.67 Å². The van der Waals surface area contributed by atoms with E-state index >= 15 is 0 Å². The summed E-state index contributed by atoms with van der Waals surface area (Å²) in [4.78, 5) is 22.2. The molecule has 1 atom stereocenters. The van der Waals surface area contributed by atoms with E-state index in [0.29, 0.717) is 0 Å². The zero-order valence-corrected chi connectivity index (χ0v) is 10.1. The zero-order chi connectivity index (χ0) is 13.5. The van der Waals surface area contributed by atoms with Crippen molar-refractivity contribution in [3.05, 3.63) is 35.4 Å². The Hall–Kier alpha value is -1.91. The average molecular weight is 253 g/mol. The van der Waals surface area contributed by atoms with Gasteiger partial charge in [-0.1, -0.05) is 31.2 Å². The molecule has 0 saturated heterocycles. The number of aryl methyl sites for hydroxylation is 1. The Morgan fingerprint density at radius 1 is 1.33 bits per heavy atom. The molecule has 0 aromatic heterocycles. The maximum absolute atomic E-state index is 12.4. The first-order valence-corrected chi connectivity index (χ1v) is 5.73. The molecule has 0 spiro atoms. The number of nitrogens with one attached hydrogen (secondary N) is 1. The Morgan fingerprint density at radius 2 is 1.94 bits per heavy atom. The predicted molar refractivity (Wildman–Crippen MR) is 65.1 cm³/mol. The van der Waals surface area contributed by atoms with E-state index in [4.69, 9.17) is 5.11 Å². The van der Waals surface area contributed by atoms with Gasteiger partial charge in [-0.3, -0.25) is 4.79 Å². The second-order valence-electron chi connectivity index (χ2n) is 3.91. The van der Waals surface area contributed by atoms with Crippen LogP contribution in [0.15, 0.2) is 24.3 Å². The molecule has 1 rings (SSSR count). The molecule has 2 N–H and O–H groups in total. The summed E-state index contributed by atoms with van der Waals surface area (Å²) in [5.41, 5.74) is 1.86. The van der Waals surface area contributed by atoms with Crippen molar-refractivity contribution in [3.8, 4) is 0 Å². The fourth-order valence-corrected chi connectivity index (χ4v) is 1.66. The highest BCUT2D eigenvalue weighted by Gasteiger charge is 2.19. The van der Waals surface area contributed by atoms with Gasteiger partial charge in [0, 0.05) is 0 Å². The lowest BCUT2D eigenvalue weighted by molar-refractivity contribution is -0.142. The third-order valence-corrected chi connectivity index (χ3v) is 2.64. The molecule has 1 unspecified atom stereocenters. The van der Waals surface area contributed by atoms with Crippen molar-refractivity contribution in [1.29, 1.82) is 0 Å². The SMILES string of the molecule is CCc1ccccc1CC(=O)NC(CF)C(=O)O. The minimum absolute atomic E-state index is 0.0633. The molecule has 0 fully saturated rings. The molecule has 4 nitrogen and oxygen atoms in total. The molecular formula is C13H16FNO3. The van der Waals surface area contributed by atoms with E-state index in [1.807, 2.05) is 31.2 Å². The predicted octanol–water partition coefficient (Wildman–Crippen LogP) is 1.33. The summed E-state index contributed by atoms with van der Waals surface area (Å²) in [5, 5.41) is 10.8. The smallest absolute Gasteiger partial charge is 0.328 e. The number of amides is 1. The Kier molecular flexibility index (Phi) is 5.30. The minimum Gasteiger partial charge on any atom is -0.480 e. The van der Waals surface area contributed by atoms with Crippen molar-refractivity contribution in [1.82, 2.24) is 5.32 Å². The zero-order valence-electron chi connectivity index (χ0n) is 10.1. The van der Waals surface area contributed by atoms with Crippen LogP contribution in [0.25, 0.3) is 0 Å². The molecule has 0 aliphatic heterocycles. The van der Waals surface area contributed by atoms with E-state index in [1.54, 1.807) is 0 Å². The molecular weight excluding hydrogens is 237 g/mol. The van der Waals surface area contributed by atoms with E-state index in [1.165, 1.54) is 0 Å². The molecule has 0 radical (unpaired) electrons. The fraction of sp³-hybridized carbons (Fsp3) is 0.385. The molecule has 1 amide bonds. The van der Waals surface area contributed by atoms with Gasteiger partial charge < -0.3 is 10.4 Å².